The average Bonchev–Trinajstić information content (AvgIpc) is 3.24. The molecule has 4 rings (SSSR count). The van der Waals surface area contributed by atoms with E-state index in [2.05, 4.69) is 36.2 Å². The van der Waals surface area contributed by atoms with Crippen LogP contribution in [0.4, 0.5) is 0 Å². The number of nitrogens with zero attached hydrogens (tertiary/aromatic N) is 1. The molecule has 1 saturated carbocycles. The van der Waals surface area contributed by atoms with Crippen LogP contribution in [0.5, 0.6) is 0 Å². The van der Waals surface area contributed by atoms with Gasteiger partial charge in [0.2, 0.25) is 0 Å². The summed E-state index contributed by atoms with van der Waals surface area (Å²) in [6.45, 7) is 2.29. The normalized spacial score (nSPS) is 19.1. The summed E-state index contributed by atoms with van der Waals surface area (Å²) in [5, 5.41) is 0. The number of thiophene rings is 1. The predicted molar refractivity (Wildman–Crippen MR) is 119 cm³/mol. The number of pyridine rings is 1. The first-order valence-electron chi connectivity index (χ1n) is 10.4. The number of hydrogen-bond acceptors (Lipinski definition) is 4. The Morgan fingerprint density at radius 3 is 2.55 bits per heavy atom. The Bertz CT molecular complexity index is 971. The van der Waals surface area contributed by atoms with Gasteiger partial charge >= 0.3 is 5.97 Å². The maximum absolute atomic E-state index is 12.6. The number of rotatable bonds is 5. The number of carbonyl (C=O) groups excluding carboxylic acids is 1. The van der Waals surface area contributed by atoms with Gasteiger partial charge in [-0.25, -0.2) is 4.79 Å². The topological polar surface area (TPSA) is 39.2 Å². The molecule has 0 N–H and O–H groups in total. The van der Waals surface area contributed by atoms with E-state index in [9.17, 15) is 4.79 Å². The standard InChI is InChI=1S/C25H27NO2S/c1-3-17-9-11-18(12-10-17)20-13-14-26-16-22(20)21-15-23(19-7-5-4-6-8-19)29-24(21)25(27)28-2/h4-8,13-18H,3,9-12H2,1-2H3. The van der Waals surface area contributed by atoms with Gasteiger partial charge in [-0.15, -0.1) is 11.3 Å². The number of ether oxygens (including phenoxy) is 1. The van der Waals surface area contributed by atoms with Crippen LogP contribution in [0, 0.1) is 5.92 Å². The Kier molecular flexibility index (Phi) is 6.10. The first kappa shape index (κ1) is 19.8. The largest absolute Gasteiger partial charge is 0.465 e. The first-order chi connectivity index (χ1) is 14.2. The number of hydrogen-bond donors (Lipinski definition) is 0. The highest BCUT2D eigenvalue weighted by atomic mass is 32.1. The summed E-state index contributed by atoms with van der Waals surface area (Å²) < 4.78 is 5.11. The van der Waals surface area contributed by atoms with E-state index in [1.165, 1.54) is 56.1 Å². The zero-order valence-corrected chi connectivity index (χ0v) is 17.9. The highest BCUT2D eigenvalue weighted by molar-refractivity contribution is 7.17. The molecular formula is C25H27NO2S. The molecule has 4 heteroatoms. The average molecular weight is 406 g/mol. The van der Waals surface area contributed by atoms with Crippen LogP contribution in [-0.4, -0.2) is 18.1 Å². The van der Waals surface area contributed by atoms with E-state index in [-0.39, 0.29) is 5.97 Å². The molecule has 0 spiro atoms. The van der Waals surface area contributed by atoms with Crippen LogP contribution in [0.3, 0.4) is 0 Å². The van der Waals surface area contributed by atoms with E-state index in [0.717, 1.165) is 27.5 Å². The van der Waals surface area contributed by atoms with Gasteiger partial charge in [-0.05, 0) is 60.8 Å². The quantitative estimate of drug-likeness (QED) is 0.431. The van der Waals surface area contributed by atoms with Gasteiger partial charge in [-0.3, -0.25) is 4.98 Å². The van der Waals surface area contributed by atoms with Crippen molar-refractivity contribution in [2.45, 2.75) is 44.9 Å². The number of methoxy groups -OCH3 is 1. The second-order valence-corrected chi connectivity index (χ2v) is 8.85. The Morgan fingerprint density at radius 1 is 1.10 bits per heavy atom. The van der Waals surface area contributed by atoms with Crippen molar-refractivity contribution >= 4 is 17.3 Å². The smallest absolute Gasteiger partial charge is 0.348 e. The van der Waals surface area contributed by atoms with Crippen molar-refractivity contribution < 1.29 is 9.53 Å². The third-order valence-corrected chi connectivity index (χ3v) is 7.33. The molecule has 1 aliphatic carbocycles. The lowest BCUT2D eigenvalue weighted by Gasteiger charge is -2.29. The van der Waals surface area contributed by atoms with Crippen molar-refractivity contribution in [2.24, 2.45) is 5.92 Å². The van der Waals surface area contributed by atoms with Crippen LogP contribution in [0.1, 0.15) is 60.2 Å². The maximum Gasteiger partial charge on any atom is 0.348 e. The molecule has 0 amide bonds. The molecular weight excluding hydrogens is 378 g/mol. The fourth-order valence-corrected chi connectivity index (χ4v) is 5.54. The van der Waals surface area contributed by atoms with E-state index >= 15 is 0 Å². The molecule has 1 fully saturated rings. The van der Waals surface area contributed by atoms with Gasteiger partial charge in [-0.1, -0.05) is 43.7 Å². The van der Waals surface area contributed by atoms with Crippen LogP contribution in [0.25, 0.3) is 21.6 Å². The summed E-state index contributed by atoms with van der Waals surface area (Å²) in [6, 6.07) is 14.5. The van der Waals surface area contributed by atoms with Gasteiger partial charge in [0, 0.05) is 28.4 Å². The molecule has 0 saturated heterocycles. The minimum absolute atomic E-state index is 0.281. The molecule has 0 unspecified atom stereocenters. The van der Waals surface area contributed by atoms with Crippen molar-refractivity contribution in [3.63, 3.8) is 0 Å². The van der Waals surface area contributed by atoms with Gasteiger partial charge in [0.25, 0.3) is 0 Å². The summed E-state index contributed by atoms with van der Waals surface area (Å²) in [5.41, 5.74) is 4.45. The van der Waals surface area contributed by atoms with E-state index in [4.69, 9.17) is 4.74 Å². The third-order valence-electron chi connectivity index (χ3n) is 6.17. The van der Waals surface area contributed by atoms with Crippen LogP contribution in [-0.2, 0) is 4.74 Å². The first-order valence-corrected chi connectivity index (χ1v) is 11.2. The molecule has 0 bridgehead atoms. The summed E-state index contributed by atoms with van der Waals surface area (Å²) in [7, 11) is 1.45. The van der Waals surface area contributed by atoms with Crippen molar-refractivity contribution in [2.75, 3.05) is 7.11 Å². The van der Waals surface area contributed by atoms with Crippen LogP contribution in [0.2, 0.25) is 0 Å². The number of benzene rings is 1. The number of aromatic nitrogens is 1. The van der Waals surface area contributed by atoms with Gasteiger partial charge in [0.15, 0.2) is 0 Å². The Labute approximate surface area is 176 Å². The molecule has 150 valence electrons. The van der Waals surface area contributed by atoms with Gasteiger partial charge in [0.1, 0.15) is 4.88 Å². The fraction of sp³-hybridized carbons (Fsp3) is 0.360. The molecule has 3 aromatic rings. The minimum atomic E-state index is -0.281. The lowest BCUT2D eigenvalue weighted by Crippen LogP contribution is -2.13. The fourth-order valence-electron chi connectivity index (χ4n) is 4.45. The van der Waals surface area contributed by atoms with Crippen LogP contribution in [0.15, 0.2) is 54.9 Å². The molecule has 1 aliphatic rings. The molecule has 0 atom stereocenters. The highest BCUT2D eigenvalue weighted by Gasteiger charge is 2.26. The summed E-state index contributed by atoms with van der Waals surface area (Å²) in [5.74, 6) is 1.10. The molecule has 29 heavy (non-hydrogen) atoms. The molecule has 0 radical (unpaired) electrons. The lowest BCUT2D eigenvalue weighted by atomic mass is 9.76. The Hall–Kier alpha value is -2.46. The molecule has 2 heterocycles. The minimum Gasteiger partial charge on any atom is -0.465 e. The predicted octanol–water partition coefficient (Wildman–Crippen LogP) is 6.95. The van der Waals surface area contributed by atoms with Crippen molar-refractivity contribution in [1.29, 1.82) is 0 Å². The van der Waals surface area contributed by atoms with Gasteiger partial charge < -0.3 is 4.74 Å². The number of carbonyl (C=O) groups is 1. The number of esters is 1. The molecule has 1 aromatic carbocycles. The maximum atomic E-state index is 12.6. The Morgan fingerprint density at radius 2 is 1.86 bits per heavy atom. The van der Waals surface area contributed by atoms with Crippen molar-refractivity contribution in [3.05, 3.63) is 65.3 Å². The van der Waals surface area contributed by atoms with Gasteiger partial charge in [0.05, 0.1) is 7.11 Å². The lowest BCUT2D eigenvalue weighted by molar-refractivity contribution is 0.0607. The summed E-state index contributed by atoms with van der Waals surface area (Å²) in [4.78, 5) is 18.7. The van der Waals surface area contributed by atoms with E-state index < -0.39 is 0 Å². The van der Waals surface area contributed by atoms with Crippen molar-refractivity contribution in [3.8, 4) is 21.6 Å². The molecule has 2 aromatic heterocycles. The Balaban J connectivity index is 1.77. The van der Waals surface area contributed by atoms with Crippen LogP contribution >= 0.6 is 11.3 Å². The molecule has 0 aliphatic heterocycles. The summed E-state index contributed by atoms with van der Waals surface area (Å²) in [6.07, 6.45) is 10.1. The highest BCUT2D eigenvalue weighted by Crippen LogP contribution is 2.44. The van der Waals surface area contributed by atoms with Crippen LogP contribution < -0.4 is 0 Å². The zero-order valence-electron chi connectivity index (χ0n) is 17.1. The van der Waals surface area contributed by atoms with Gasteiger partial charge in [-0.2, -0.15) is 0 Å². The van der Waals surface area contributed by atoms with E-state index in [1.54, 1.807) is 0 Å². The summed E-state index contributed by atoms with van der Waals surface area (Å²) >= 11 is 1.50. The van der Waals surface area contributed by atoms with Crippen molar-refractivity contribution in [1.82, 2.24) is 4.98 Å². The monoisotopic (exact) mass is 405 g/mol. The second-order valence-electron chi connectivity index (χ2n) is 7.80. The zero-order chi connectivity index (χ0) is 20.2. The second kappa shape index (κ2) is 8.91. The SMILES string of the molecule is CCC1CCC(c2ccncc2-c2cc(-c3ccccc3)sc2C(=O)OC)CC1. The third kappa shape index (κ3) is 4.13. The van der Waals surface area contributed by atoms with E-state index in [1.807, 2.05) is 30.6 Å². The molecule has 3 nitrogen and oxygen atoms in total. The van der Waals surface area contributed by atoms with E-state index in [0.29, 0.717) is 10.8 Å².